The molecule has 2 saturated heterocycles. The second-order valence-electron chi connectivity index (χ2n) is 9.66. The van der Waals surface area contributed by atoms with Gasteiger partial charge in [-0.25, -0.2) is 9.97 Å². The van der Waals surface area contributed by atoms with Crippen molar-refractivity contribution in [1.29, 1.82) is 0 Å². The van der Waals surface area contributed by atoms with Gasteiger partial charge in [0.1, 0.15) is 22.5 Å². The Labute approximate surface area is 227 Å². The van der Waals surface area contributed by atoms with Gasteiger partial charge in [0, 0.05) is 62.8 Å². The number of halogens is 2. The van der Waals surface area contributed by atoms with E-state index >= 15 is 0 Å². The molecule has 9 nitrogen and oxygen atoms in total. The van der Waals surface area contributed by atoms with Crippen LogP contribution in [0.4, 0.5) is 17.2 Å². The van der Waals surface area contributed by atoms with Gasteiger partial charge in [0.15, 0.2) is 5.65 Å². The number of H-pyrrole nitrogens is 1. The van der Waals surface area contributed by atoms with E-state index in [1.165, 1.54) is 42.9 Å². The molecule has 0 bridgehead atoms. The number of fused-ring (bicyclic) bond motifs is 1. The highest BCUT2D eigenvalue weighted by atomic mass is 79.9. The molecule has 1 aromatic carbocycles. The van der Waals surface area contributed by atoms with E-state index in [-0.39, 0.29) is 18.5 Å². The zero-order chi connectivity index (χ0) is 24.4. The summed E-state index contributed by atoms with van der Waals surface area (Å²) in [5, 5.41) is 11.9. The van der Waals surface area contributed by atoms with Crippen LogP contribution in [-0.4, -0.2) is 83.5 Å². The maximum absolute atomic E-state index is 6.14. The highest BCUT2D eigenvalue weighted by Gasteiger charge is 2.24. The van der Waals surface area contributed by atoms with E-state index in [9.17, 15) is 0 Å². The van der Waals surface area contributed by atoms with Gasteiger partial charge in [0.2, 0.25) is 0 Å². The first-order chi connectivity index (χ1) is 17.0. The van der Waals surface area contributed by atoms with Gasteiger partial charge in [-0.05, 0) is 68.2 Å². The quantitative estimate of drug-likeness (QED) is 0.405. The van der Waals surface area contributed by atoms with Crippen molar-refractivity contribution in [3.63, 3.8) is 0 Å². The largest absolute Gasteiger partial charge is 0.491 e. The summed E-state index contributed by atoms with van der Waals surface area (Å²) in [4.78, 5) is 16.2. The Morgan fingerprint density at radius 1 is 1.06 bits per heavy atom. The van der Waals surface area contributed by atoms with Crippen molar-refractivity contribution >= 4 is 56.6 Å². The van der Waals surface area contributed by atoms with Gasteiger partial charge in [-0.2, -0.15) is 5.10 Å². The third-order valence-electron chi connectivity index (χ3n) is 6.87. The SMILES string of the molecule is Cc1c(NCCN2CCCC2)cc(OC(C)C)cc1N1CCN(c2ncnc3n[nH]c(Br)c23)CC1.Cl. The van der Waals surface area contributed by atoms with Crippen LogP contribution in [0.1, 0.15) is 32.3 Å². The second kappa shape index (κ2) is 11.8. The molecule has 36 heavy (non-hydrogen) atoms. The normalized spacial score (nSPS) is 16.6. The van der Waals surface area contributed by atoms with Crippen molar-refractivity contribution in [2.24, 2.45) is 0 Å². The van der Waals surface area contributed by atoms with Crippen LogP contribution in [-0.2, 0) is 0 Å². The smallest absolute Gasteiger partial charge is 0.187 e. The molecule has 0 radical (unpaired) electrons. The summed E-state index contributed by atoms with van der Waals surface area (Å²) in [6, 6.07) is 4.36. The summed E-state index contributed by atoms with van der Waals surface area (Å²) in [5.41, 5.74) is 4.37. The van der Waals surface area contributed by atoms with Crippen LogP contribution >= 0.6 is 28.3 Å². The lowest BCUT2D eigenvalue weighted by Gasteiger charge is -2.38. The fraction of sp³-hybridized carbons (Fsp3) is 0.560. The van der Waals surface area contributed by atoms with Crippen LogP contribution in [0.3, 0.4) is 0 Å². The Bertz CT molecular complexity index is 1160. The number of hydrogen-bond acceptors (Lipinski definition) is 8. The van der Waals surface area contributed by atoms with Crippen LogP contribution in [0.2, 0.25) is 0 Å². The molecule has 0 atom stereocenters. The minimum atomic E-state index is 0. The van der Waals surface area contributed by atoms with Gasteiger partial charge in [-0.3, -0.25) is 5.10 Å². The van der Waals surface area contributed by atoms with Crippen LogP contribution in [0.15, 0.2) is 23.1 Å². The zero-order valence-electron chi connectivity index (χ0n) is 21.3. The molecule has 2 N–H and O–H groups in total. The van der Waals surface area contributed by atoms with Gasteiger partial charge in [0.05, 0.1) is 11.5 Å². The van der Waals surface area contributed by atoms with E-state index in [1.54, 1.807) is 6.33 Å². The summed E-state index contributed by atoms with van der Waals surface area (Å²) in [7, 11) is 0. The number of anilines is 3. The van der Waals surface area contributed by atoms with E-state index in [1.807, 2.05) is 0 Å². The molecule has 0 aliphatic carbocycles. The number of hydrogen-bond donors (Lipinski definition) is 2. The average Bonchev–Trinajstić information content (AvgIpc) is 3.51. The summed E-state index contributed by atoms with van der Waals surface area (Å²) in [6.45, 7) is 14.4. The van der Waals surface area contributed by atoms with Crippen molar-refractivity contribution in [3.05, 3.63) is 28.6 Å². The van der Waals surface area contributed by atoms with Gasteiger partial charge in [0.25, 0.3) is 0 Å². The first kappa shape index (κ1) is 26.8. The van der Waals surface area contributed by atoms with Crippen molar-refractivity contribution in [3.8, 4) is 5.75 Å². The van der Waals surface area contributed by atoms with Crippen molar-refractivity contribution in [2.45, 2.75) is 39.7 Å². The Morgan fingerprint density at radius 2 is 1.78 bits per heavy atom. The van der Waals surface area contributed by atoms with Crippen molar-refractivity contribution in [1.82, 2.24) is 25.1 Å². The molecule has 11 heteroatoms. The molecule has 0 amide bonds. The monoisotopic (exact) mass is 578 g/mol. The number of rotatable bonds is 8. The zero-order valence-corrected chi connectivity index (χ0v) is 23.7. The molecule has 2 aromatic heterocycles. The molecule has 0 unspecified atom stereocenters. The number of benzene rings is 1. The first-order valence-electron chi connectivity index (χ1n) is 12.6. The van der Waals surface area contributed by atoms with Gasteiger partial charge in [-0.15, -0.1) is 12.4 Å². The fourth-order valence-corrected chi connectivity index (χ4v) is 5.53. The number of piperazine rings is 1. The number of aromatic amines is 1. The highest BCUT2D eigenvalue weighted by Crippen LogP contribution is 2.35. The lowest BCUT2D eigenvalue weighted by molar-refractivity contribution is 0.242. The molecule has 196 valence electrons. The van der Waals surface area contributed by atoms with Gasteiger partial charge in [-0.1, -0.05) is 0 Å². The van der Waals surface area contributed by atoms with E-state index in [0.29, 0.717) is 5.65 Å². The maximum atomic E-state index is 6.14. The fourth-order valence-electron chi connectivity index (χ4n) is 5.09. The predicted octanol–water partition coefficient (Wildman–Crippen LogP) is 4.47. The highest BCUT2D eigenvalue weighted by molar-refractivity contribution is 9.10. The average molecular weight is 580 g/mol. The number of nitrogens with zero attached hydrogens (tertiary/aromatic N) is 6. The summed E-state index contributed by atoms with van der Waals surface area (Å²) >= 11 is 3.56. The summed E-state index contributed by atoms with van der Waals surface area (Å²) in [6.07, 6.45) is 4.37. The Morgan fingerprint density at radius 3 is 2.50 bits per heavy atom. The molecular formula is C25H36BrClN8O. The van der Waals surface area contributed by atoms with Crippen LogP contribution < -0.4 is 19.9 Å². The molecule has 2 fully saturated rings. The standard InChI is InChI=1S/C25H35BrN8O.ClH/c1-17(2)35-19-14-20(27-6-9-32-7-4-5-8-32)18(3)21(15-19)33-10-12-34(13-11-33)25-22-23(26)30-31-24(22)28-16-29-25;/h14-17,27H,4-13H2,1-3H3,(H,28,29,30,31);1H. The Balaban J connectivity index is 0.00000304. The topological polar surface area (TPSA) is 85.4 Å². The Hall–Kier alpha value is -2.30. The van der Waals surface area contributed by atoms with E-state index in [4.69, 9.17) is 4.74 Å². The minimum Gasteiger partial charge on any atom is -0.491 e. The third-order valence-corrected chi connectivity index (χ3v) is 7.45. The lowest BCUT2D eigenvalue weighted by atomic mass is 10.1. The second-order valence-corrected chi connectivity index (χ2v) is 10.5. The number of aromatic nitrogens is 4. The van der Waals surface area contributed by atoms with Crippen molar-refractivity contribution < 1.29 is 4.74 Å². The van der Waals surface area contributed by atoms with Crippen molar-refractivity contribution in [2.75, 3.05) is 67.5 Å². The van der Waals surface area contributed by atoms with Gasteiger partial charge < -0.3 is 24.8 Å². The van der Waals surface area contributed by atoms with E-state index in [2.05, 4.69) is 89.0 Å². The van der Waals surface area contributed by atoms with E-state index < -0.39 is 0 Å². The molecule has 0 saturated carbocycles. The molecule has 0 spiro atoms. The first-order valence-corrected chi connectivity index (χ1v) is 13.4. The lowest BCUT2D eigenvalue weighted by Crippen LogP contribution is -2.47. The van der Waals surface area contributed by atoms with E-state index in [0.717, 1.165) is 60.8 Å². The molecule has 4 heterocycles. The Kier molecular flexibility index (Phi) is 8.79. The number of likely N-dealkylation sites (tertiary alicyclic amines) is 1. The molecule has 3 aromatic rings. The third kappa shape index (κ3) is 5.81. The van der Waals surface area contributed by atoms with Gasteiger partial charge >= 0.3 is 0 Å². The van der Waals surface area contributed by atoms with Crippen LogP contribution in [0.25, 0.3) is 11.0 Å². The molecule has 5 rings (SSSR count). The molecule has 2 aliphatic heterocycles. The molecular weight excluding hydrogens is 544 g/mol. The van der Waals surface area contributed by atoms with Crippen LogP contribution in [0, 0.1) is 6.92 Å². The summed E-state index contributed by atoms with van der Waals surface area (Å²) in [5.74, 6) is 1.85. The predicted molar refractivity (Wildman–Crippen MR) is 152 cm³/mol. The number of nitrogens with one attached hydrogen (secondary N) is 2. The minimum absolute atomic E-state index is 0. The summed E-state index contributed by atoms with van der Waals surface area (Å²) < 4.78 is 6.97. The van der Waals surface area contributed by atoms with Crippen LogP contribution in [0.5, 0.6) is 5.75 Å². The maximum Gasteiger partial charge on any atom is 0.187 e. The number of ether oxygens (including phenoxy) is 1. The molecule has 2 aliphatic rings.